The van der Waals surface area contributed by atoms with Gasteiger partial charge in [-0.1, -0.05) is 51.1 Å². The Balaban J connectivity index is 1.58. The fraction of sp³-hybridized carbons (Fsp3) is 0.367. The van der Waals surface area contributed by atoms with Gasteiger partial charge in [0.25, 0.3) is 0 Å². The molecule has 0 aliphatic heterocycles. The van der Waals surface area contributed by atoms with E-state index in [1.165, 1.54) is 6.07 Å². The van der Waals surface area contributed by atoms with E-state index >= 15 is 0 Å². The van der Waals surface area contributed by atoms with Crippen LogP contribution in [0.3, 0.4) is 0 Å². The number of carboxylic acids is 1. The lowest BCUT2D eigenvalue weighted by Crippen LogP contribution is -2.14. The summed E-state index contributed by atoms with van der Waals surface area (Å²) < 4.78 is 26.2. The van der Waals surface area contributed by atoms with Crippen LogP contribution < -0.4 is 9.47 Å². The Morgan fingerprint density at radius 1 is 1.03 bits per heavy atom. The van der Waals surface area contributed by atoms with Crippen molar-refractivity contribution >= 4 is 5.97 Å². The number of halogens is 1. The molecule has 0 spiro atoms. The second kappa shape index (κ2) is 10.1. The van der Waals surface area contributed by atoms with Gasteiger partial charge >= 0.3 is 5.97 Å². The lowest BCUT2D eigenvalue weighted by Gasteiger charge is -2.24. The molecule has 1 fully saturated rings. The number of methoxy groups -OCH3 is 1. The van der Waals surface area contributed by atoms with Crippen molar-refractivity contribution in [2.45, 2.75) is 58.0 Å². The van der Waals surface area contributed by atoms with Gasteiger partial charge in [0.05, 0.1) is 13.5 Å². The van der Waals surface area contributed by atoms with Crippen LogP contribution in [0.25, 0.3) is 11.1 Å². The lowest BCUT2D eigenvalue weighted by molar-refractivity contribution is -0.137. The molecule has 1 aliphatic carbocycles. The number of aliphatic carboxylic acids is 1. The van der Waals surface area contributed by atoms with E-state index < -0.39 is 5.97 Å². The fourth-order valence-corrected chi connectivity index (χ4v) is 4.62. The SMILES string of the molecule is COc1ccc(F)c(-c2ccc(COc3cccc([C@H](CC(=O)O)C4CC4)c3)cc2C(C)(C)C)c1. The molecule has 184 valence electrons. The van der Waals surface area contributed by atoms with Crippen molar-refractivity contribution in [2.24, 2.45) is 5.92 Å². The summed E-state index contributed by atoms with van der Waals surface area (Å²) in [6.45, 7) is 6.69. The maximum Gasteiger partial charge on any atom is 0.303 e. The second-order valence-corrected chi connectivity index (χ2v) is 10.4. The molecule has 35 heavy (non-hydrogen) atoms. The predicted octanol–water partition coefficient (Wildman–Crippen LogP) is 7.35. The van der Waals surface area contributed by atoms with Crippen LogP contribution in [0.2, 0.25) is 0 Å². The van der Waals surface area contributed by atoms with Crippen LogP contribution in [-0.2, 0) is 16.8 Å². The van der Waals surface area contributed by atoms with Crippen molar-refractivity contribution in [3.63, 3.8) is 0 Å². The molecule has 1 atom stereocenters. The van der Waals surface area contributed by atoms with Crippen molar-refractivity contribution < 1.29 is 23.8 Å². The second-order valence-electron chi connectivity index (χ2n) is 10.4. The van der Waals surface area contributed by atoms with Gasteiger partial charge in [-0.2, -0.15) is 0 Å². The highest BCUT2D eigenvalue weighted by Crippen LogP contribution is 2.45. The van der Waals surface area contributed by atoms with Crippen molar-refractivity contribution in [2.75, 3.05) is 7.11 Å². The molecule has 3 aromatic rings. The Bertz CT molecular complexity index is 1210. The van der Waals surface area contributed by atoms with E-state index in [9.17, 15) is 14.3 Å². The van der Waals surface area contributed by atoms with E-state index in [2.05, 4.69) is 26.8 Å². The van der Waals surface area contributed by atoms with Crippen LogP contribution in [0.1, 0.15) is 62.6 Å². The molecule has 0 aromatic heterocycles. The van der Waals surface area contributed by atoms with E-state index in [0.29, 0.717) is 23.8 Å². The Hall–Kier alpha value is -3.34. The average molecular weight is 477 g/mol. The quantitative estimate of drug-likeness (QED) is 0.351. The smallest absolute Gasteiger partial charge is 0.303 e. The summed E-state index contributed by atoms with van der Waals surface area (Å²) in [7, 11) is 1.58. The van der Waals surface area contributed by atoms with E-state index in [-0.39, 0.29) is 23.6 Å². The summed E-state index contributed by atoms with van der Waals surface area (Å²) in [6.07, 6.45) is 2.31. The predicted molar refractivity (Wildman–Crippen MR) is 136 cm³/mol. The van der Waals surface area contributed by atoms with Crippen LogP contribution in [0.5, 0.6) is 11.5 Å². The third-order valence-electron chi connectivity index (χ3n) is 6.63. The summed E-state index contributed by atoms with van der Waals surface area (Å²) in [5, 5.41) is 9.32. The Labute approximate surface area is 206 Å². The zero-order chi connectivity index (χ0) is 25.2. The molecule has 4 rings (SSSR count). The van der Waals surface area contributed by atoms with Gasteiger partial charge in [-0.05, 0) is 82.7 Å². The molecule has 1 aliphatic rings. The number of hydrogen-bond acceptors (Lipinski definition) is 3. The molecule has 0 amide bonds. The van der Waals surface area contributed by atoms with Gasteiger partial charge in [-0.15, -0.1) is 0 Å². The summed E-state index contributed by atoms with van der Waals surface area (Å²) in [5.74, 6) is 0.750. The van der Waals surface area contributed by atoms with Crippen LogP contribution in [0.15, 0.2) is 60.7 Å². The number of benzene rings is 3. The topological polar surface area (TPSA) is 55.8 Å². The molecular weight excluding hydrogens is 443 g/mol. The van der Waals surface area contributed by atoms with E-state index in [1.54, 1.807) is 19.2 Å². The van der Waals surface area contributed by atoms with Crippen molar-refractivity contribution in [3.8, 4) is 22.6 Å². The Morgan fingerprint density at radius 2 is 1.80 bits per heavy atom. The number of carbonyl (C=O) groups is 1. The molecule has 1 N–H and O–H groups in total. The van der Waals surface area contributed by atoms with Crippen molar-refractivity contribution in [3.05, 3.63) is 83.2 Å². The number of ether oxygens (including phenoxy) is 2. The third kappa shape index (κ3) is 6.02. The van der Waals surface area contributed by atoms with Crippen LogP contribution in [-0.4, -0.2) is 18.2 Å². The van der Waals surface area contributed by atoms with Crippen LogP contribution >= 0.6 is 0 Å². The minimum Gasteiger partial charge on any atom is -0.497 e. The monoisotopic (exact) mass is 476 g/mol. The van der Waals surface area contributed by atoms with Gasteiger partial charge in [0.2, 0.25) is 0 Å². The molecule has 0 radical (unpaired) electrons. The summed E-state index contributed by atoms with van der Waals surface area (Å²) >= 11 is 0. The molecule has 0 heterocycles. The van der Waals surface area contributed by atoms with Gasteiger partial charge < -0.3 is 14.6 Å². The zero-order valence-corrected chi connectivity index (χ0v) is 20.8. The van der Waals surface area contributed by atoms with Crippen molar-refractivity contribution in [1.29, 1.82) is 0 Å². The van der Waals surface area contributed by atoms with Crippen LogP contribution in [0, 0.1) is 11.7 Å². The molecule has 5 heteroatoms. The molecule has 0 unspecified atom stereocenters. The fourth-order valence-electron chi connectivity index (χ4n) is 4.62. The van der Waals surface area contributed by atoms with E-state index in [1.807, 2.05) is 36.4 Å². The first kappa shape index (κ1) is 24.8. The summed E-state index contributed by atoms with van der Waals surface area (Å²) in [5.41, 5.74) is 4.16. The zero-order valence-electron chi connectivity index (χ0n) is 20.8. The highest BCUT2D eigenvalue weighted by Gasteiger charge is 2.33. The highest BCUT2D eigenvalue weighted by molar-refractivity contribution is 5.71. The molecule has 0 saturated heterocycles. The van der Waals surface area contributed by atoms with Crippen LogP contribution in [0.4, 0.5) is 4.39 Å². The molecule has 0 bridgehead atoms. The maximum absolute atomic E-state index is 14.8. The maximum atomic E-state index is 14.8. The van der Waals surface area contributed by atoms with Gasteiger partial charge in [0.15, 0.2) is 0 Å². The molecule has 1 saturated carbocycles. The third-order valence-corrected chi connectivity index (χ3v) is 6.63. The standard InChI is InChI=1S/C30H33FO4/c1-30(2,3)27-14-19(8-12-24(27)26-16-22(34-4)11-13-28(26)31)18-35-23-7-5-6-21(15-23)25(17-29(32)33)20-9-10-20/h5-8,11-16,20,25H,9-10,17-18H2,1-4H3,(H,32,33)/t25-/m1/s1. The highest BCUT2D eigenvalue weighted by atomic mass is 19.1. The normalized spacial score (nSPS) is 14.4. The lowest BCUT2D eigenvalue weighted by atomic mass is 9.81. The van der Waals surface area contributed by atoms with Crippen molar-refractivity contribution in [1.82, 2.24) is 0 Å². The molecule has 4 nitrogen and oxygen atoms in total. The summed E-state index contributed by atoms with van der Waals surface area (Å²) in [6, 6.07) is 18.6. The van der Waals surface area contributed by atoms with Gasteiger partial charge in [-0.3, -0.25) is 4.79 Å². The van der Waals surface area contributed by atoms with Gasteiger partial charge in [0.1, 0.15) is 23.9 Å². The number of rotatable bonds is 9. The number of carboxylic acid groups (broad SMARTS) is 1. The average Bonchev–Trinajstić information content (AvgIpc) is 3.66. The van der Waals surface area contributed by atoms with E-state index in [0.717, 1.165) is 40.8 Å². The first-order valence-electron chi connectivity index (χ1n) is 12.1. The van der Waals surface area contributed by atoms with E-state index in [4.69, 9.17) is 9.47 Å². The summed E-state index contributed by atoms with van der Waals surface area (Å²) in [4.78, 5) is 11.3. The Morgan fingerprint density at radius 3 is 2.46 bits per heavy atom. The minimum absolute atomic E-state index is 0.0283. The Kier molecular flexibility index (Phi) is 7.15. The van der Waals surface area contributed by atoms with Gasteiger partial charge in [0, 0.05) is 5.56 Å². The largest absolute Gasteiger partial charge is 0.497 e. The number of hydrogen-bond donors (Lipinski definition) is 1. The van der Waals surface area contributed by atoms with Gasteiger partial charge in [-0.25, -0.2) is 4.39 Å². The minimum atomic E-state index is -0.768. The first-order valence-corrected chi connectivity index (χ1v) is 12.1. The molecule has 3 aromatic carbocycles. The first-order chi connectivity index (χ1) is 16.7. The molecular formula is C30H33FO4.